The van der Waals surface area contributed by atoms with E-state index < -0.39 is 12.1 Å². The number of para-hydroxylation sites is 1. The van der Waals surface area contributed by atoms with Crippen molar-refractivity contribution in [2.75, 3.05) is 38.5 Å². The quantitative estimate of drug-likeness (QED) is 0.554. The van der Waals surface area contributed by atoms with Gasteiger partial charge in [-0.05, 0) is 17.7 Å². The van der Waals surface area contributed by atoms with Gasteiger partial charge in [-0.25, -0.2) is 4.79 Å². The van der Waals surface area contributed by atoms with Crippen LogP contribution in [0.5, 0.6) is 0 Å². The predicted octanol–water partition coefficient (Wildman–Crippen LogP) is 3.12. The van der Waals surface area contributed by atoms with Crippen molar-refractivity contribution in [1.82, 2.24) is 4.90 Å². The van der Waals surface area contributed by atoms with Gasteiger partial charge in [0.05, 0.1) is 27.0 Å². The van der Waals surface area contributed by atoms with Crippen molar-refractivity contribution in [3.63, 3.8) is 0 Å². The molecule has 3 amide bonds. The topological polar surface area (TPSA) is 57.7 Å². The van der Waals surface area contributed by atoms with Crippen molar-refractivity contribution in [3.05, 3.63) is 66.2 Å². The number of hydrogen-bond donors (Lipinski definition) is 0. The minimum absolute atomic E-state index is 0.0170. The monoisotopic (exact) mass is 398 g/mol. The Bertz CT molecular complexity index is 808. The van der Waals surface area contributed by atoms with E-state index in [-0.39, 0.29) is 16.9 Å². The first-order chi connectivity index (χ1) is 13.3. The summed E-state index contributed by atoms with van der Waals surface area (Å²) in [6.45, 7) is 0.325. The molecular weight excluding hydrogens is 374 g/mol. The third-order valence-electron chi connectivity index (χ3n) is 4.30. The van der Waals surface area contributed by atoms with E-state index in [0.29, 0.717) is 16.7 Å². The molecule has 3 rings (SSSR count). The largest absolute Gasteiger partial charge is 0.333 e. The molecule has 0 aromatic heterocycles. The molecule has 146 valence electrons. The molecule has 2 aromatic carbocycles. The Morgan fingerprint density at radius 3 is 2.11 bits per heavy atom. The zero-order valence-electron chi connectivity index (χ0n) is 16.2. The van der Waals surface area contributed by atoms with E-state index >= 15 is 0 Å². The second-order valence-corrected chi connectivity index (χ2v) is 8.66. The lowest BCUT2D eigenvalue weighted by molar-refractivity contribution is -0.861. The van der Waals surface area contributed by atoms with Gasteiger partial charge in [-0.2, -0.15) is 0 Å². The number of carbonyl (C=O) groups excluding carboxylic acids is 3. The number of amides is 3. The zero-order chi connectivity index (χ0) is 20.3. The van der Waals surface area contributed by atoms with E-state index in [1.165, 1.54) is 9.80 Å². The number of rotatable bonds is 6. The van der Waals surface area contributed by atoms with Gasteiger partial charge in [0.1, 0.15) is 12.6 Å². The molecule has 0 saturated carbocycles. The first-order valence-corrected chi connectivity index (χ1v) is 9.97. The highest BCUT2D eigenvalue weighted by molar-refractivity contribution is 8.13. The Morgan fingerprint density at radius 1 is 0.964 bits per heavy atom. The van der Waals surface area contributed by atoms with Crippen molar-refractivity contribution < 1.29 is 18.9 Å². The maximum absolute atomic E-state index is 13.1. The summed E-state index contributed by atoms with van der Waals surface area (Å²) in [6, 6.07) is 17.2. The lowest BCUT2D eigenvalue weighted by Gasteiger charge is -2.23. The van der Waals surface area contributed by atoms with Crippen LogP contribution in [-0.2, 0) is 9.59 Å². The van der Waals surface area contributed by atoms with E-state index in [4.69, 9.17) is 0 Å². The van der Waals surface area contributed by atoms with Crippen LogP contribution in [0.4, 0.5) is 10.5 Å². The molecule has 1 fully saturated rings. The van der Waals surface area contributed by atoms with Crippen LogP contribution in [-0.4, -0.2) is 60.0 Å². The number of quaternary nitrogens is 1. The first-order valence-electron chi connectivity index (χ1n) is 8.98. The van der Waals surface area contributed by atoms with Gasteiger partial charge in [0.15, 0.2) is 0 Å². The number of likely N-dealkylation sites (N-methyl/N-ethyl adjacent to an activating group) is 1. The summed E-state index contributed by atoms with van der Waals surface area (Å²) in [7, 11) is 5.77. The first kappa shape index (κ1) is 20.1. The summed E-state index contributed by atoms with van der Waals surface area (Å²) in [5, 5.41) is -0.0532. The molecule has 1 atom stereocenters. The van der Waals surface area contributed by atoms with Gasteiger partial charge in [-0.15, -0.1) is 0 Å². The van der Waals surface area contributed by atoms with Gasteiger partial charge in [-0.3, -0.25) is 19.4 Å². The second-order valence-electron chi connectivity index (χ2n) is 7.66. The SMILES string of the molecule is C[N+](C)(C)CC(=O)SCN1C(=O)C(c2ccccc2)N(c2ccccc2)C1=O. The average Bonchev–Trinajstić information content (AvgIpc) is 2.90. The number of benzene rings is 2. The fraction of sp³-hybridized carbons (Fsp3) is 0.286. The highest BCUT2D eigenvalue weighted by atomic mass is 32.2. The third kappa shape index (κ3) is 4.43. The Balaban J connectivity index is 1.86. The summed E-state index contributed by atoms with van der Waals surface area (Å²) in [4.78, 5) is 41.1. The molecule has 1 saturated heterocycles. The lowest BCUT2D eigenvalue weighted by Crippen LogP contribution is -2.39. The predicted molar refractivity (Wildman–Crippen MR) is 111 cm³/mol. The fourth-order valence-electron chi connectivity index (χ4n) is 3.06. The highest BCUT2D eigenvalue weighted by Crippen LogP contribution is 2.36. The van der Waals surface area contributed by atoms with Crippen LogP contribution < -0.4 is 4.90 Å². The number of imide groups is 1. The molecule has 1 heterocycles. The number of hydrogen-bond acceptors (Lipinski definition) is 4. The summed E-state index contributed by atoms with van der Waals surface area (Å²) in [6.07, 6.45) is 0. The normalized spacial score (nSPS) is 17.3. The van der Waals surface area contributed by atoms with Crippen LogP contribution in [0.1, 0.15) is 11.6 Å². The molecule has 0 bridgehead atoms. The number of anilines is 1. The van der Waals surface area contributed by atoms with Crippen molar-refractivity contribution in [2.45, 2.75) is 6.04 Å². The van der Waals surface area contributed by atoms with Gasteiger partial charge in [0.2, 0.25) is 5.12 Å². The van der Waals surface area contributed by atoms with Crippen molar-refractivity contribution in [2.24, 2.45) is 0 Å². The molecule has 0 radical (unpaired) electrons. The summed E-state index contributed by atoms with van der Waals surface area (Å²) < 4.78 is 0.497. The number of urea groups is 1. The van der Waals surface area contributed by atoms with Gasteiger partial charge < -0.3 is 4.48 Å². The standard InChI is InChI=1S/C21H24N3O3S/c1-24(2,3)14-18(25)28-15-22-20(26)19(16-10-6-4-7-11-16)23(21(22)27)17-12-8-5-9-13-17/h4-13,19H,14-15H2,1-3H3/q+1. The van der Waals surface area contributed by atoms with E-state index in [1.807, 2.05) is 69.7 Å². The molecule has 0 spiro atoms. The molecule has 1 unspecified atom stereocenters. The average molecular weight is 399 g/mol. The van der Waals surface area contributed by atoms with Crippen LogP contribution in [0.25, 0.3) is 0 Å². The Labute approximate surface area is 169 Å². The third-order valence-corrected chi connectivity index (χ3v) is 5.14. The fourth-order valence-corrected chi connectivity index (χ4v) is 4.05. The Morgan fingerprint density at radius 2 is 1.54 bits per heavy atom. The van der Waals surface area contributed by atoms with Crippen molar-refractivity contribution in [3.8, 4) is 0 Å². The molecule has 2 aromatic rings. The minimum atomic E-state index is -0.731. The van der Waals surface area contributed by atoms with Crippen LogP contribution in [0.3, 0.4) is 0 Å². The van der Waals surface area contributed by atoms with E-state index in [9.17, 15) is 14.4 Å². The lowest BCUT2D eigenvalue weighted by atomic mass is 10.1. The van der Waals surface area contributed by atoms with Crippen molar-refractivity contribution >= 4 is 34.5 Å². The summed E-state index contributed by atoms with van der Waals surface area (Å²) in [5.41, 5.74) is 1.40. The highest BCUT2D eigenvalue weighted by Gasteiger charge is 2.46. The van der Waals surface area contributed by atoms with Gasteiger partial charge in [0, 0.05) is 5.69 Å². The maximum Gasteiger partial charge on any atom is 0.333 e. The summed E-state index contributed by atoms with van der Waals surface area (Å²) in [5.74, 6) is -0.297. The van der Waals surface area contributed by atoms with Crippen LogP contribution >= 0.6 is 11.8 Å². The van der Waals surface area contributed by atoms with Crippen LogP contribution in [0.2, 0.25) is 0 Å². The Hall–Kier alpha value is -2.64. The maximum atomic E-state index is 13.1. The van der Waals surface area contributed by atoms with E-state index in [0.717, 1.165) is 17.3 Å². The zero-order valence-corrected chi connectivity index (χ0v) is 17.1. The molecule has 1 aliphatic rings. The summed E-state index contributed by atoms with van der Waals surface area (Å²) >= 11 is 1.01. The molecule has 6 nitrogen and oxygen atoms in total. The van der Waals surface area contributed by atoms with E-state index in [2.05, 4.69) is 0 Å². The molecular formula is C21H24N3O3S+. The van der Waals surface area contributed by atoms with Crippen LogP contribution in [0, 0.1) is 0 Å². The number of thioether (sulfide) groups is 1. The van der Waals surface area contributed by atoms with E-state index in [1.54, 1.807) is 12.1 Å². The smallest absolute Gasteiger partial charge is 0.324 e. The number of nitrogens with zero attached hydrogens (tertiary/aromatic N) is 3. The number of carbonyl (C=O) groups is 3. The Kier molecular flexibility index (Phi) is 5.86. The van der Waals surface area contributed by atoms with Crippen LogP contribution in [0.15, 0.2) is 60.7 Å². The van der Waals surface area contributed by atoms with Crippen molar-refractivity contribution in [1.29, 1.82) is 0 Å². The molecule has 1 aliphatic heterocycles. The molecule has 0 aliphatic carbocycles. The van der Waals surface area contributed by atoms with Gasteiger partial charge in [-0.1, -0.05) is 60.3 Å². The van der Waals surface area contributed by atoms with Gasteiger partial charge >= 0.3 is 6.03 Å². The minimum Gasteiger partial charge on any atom is -0.324 e. The molecule has 28 heavy (non-hydrogen) atoms. The second kappa shape index (κ2) is 8.16. The van der Waals surface area contributed by atoms with Gasteiger partial charge in [0.25, 0.3) is 5.91 Å². The molecule has 0 N–H and O–H groups in total. The molecule has 7 heteroatoms.